The summed E-state index contributed by atoms with van der Waals surface area (Å²) in [7, 11) is 13.3. The van der Waals surface area contributed by atoms with E-state index in [-0.39, 0.29) is 109 Å². The molecule has 0 unspecified atom stereocenters. The lowest BCUT2D eigenvalue weighted by molar-refractivity contribution is -0.122. The van der Waals surface area contributed by atoms with Crippen LogP contribution in [0.1, 0.15) is 131 Å². The first-order chi connectivity index (χ1) is 62.3. The molecule has 10 rings (SSSR count). The van der Waals surface area contributed by atoms with Crippen LogP contribution in [0.4, 0.5) is 28.7 Å². The van der Waals surface area contributed by atoms with Gasteiger partial charge >= 0.3 is 0 Å². The fourth-order valence-electron chi connectivity index (χ4n) is 13.3. The van der Waals surface area contributed by atoms with Crippen molar-refractivity contribution in [3.8, 4) is 11.4 Å². The average molecular weight is 1810 g/mol. The van der Waals surface area contributed by atoms with Gasteiger partial charge in [0, 0.05) is 154 Å². The zero-order chi connectivity index (χ0) is 92.1. The molecule has 44 heteroatoms. The highest BCUT2D eigenvalue weighted by Crippen LogP contribution is 2.35. The molecular formula is C85H113ClN24O19. The van der Waals surface area contributed by atoms with Gasteiger partial charge in [-0.25, -0.2) is 15.0 Å². The van der Waals surface area contributed by atoms with Crippen LogP contribution in [-0.2, 0) is 99.4 Å². The maximum Gasteiger partial charge on any atom is 0.291 e. The van der Waals surface area contributed by atoms with Gasteiger partial charge < -0.3 is 128 Å². The number of aliphatic imine (C=N–C) groups is 1. The zero-order valence-electron chi connectivity index (χ0n) is 73.8. The number of benzene rings is 2. The van der Waals surface area contributed by atoms with Crippen LogP contribution in [0, 0.1) is 6.92 Å². The van der Waals surface area contributed by atoms with Crippen molar-refractivity contribution in [3.63, 3.8) is 0 Å². The predicted octanol–water partition coefficient (Wildman–Crippen LogP) is 3.91. The van der Waals surface area contributed by atoms with Gasteiger partial charge in [0.25, 0.3) is 35.4 Å². The number of imidazole rings is 3. The highest BCUT2D eigenvalue weighted by atomic mass is 35.5. The number of nitrogens with one attached hydrogen (secondary N) is 10. The smallest absolute Gasteiger partial charge is 0.291 e. The van der Waals surface area contributed by atoms with E-state index in [1.165, 1.54) is 55.1 Å². The minimum Gasteiger partial charge on any atom is -0.497 e. The van der Waals surface area contributed by atoms with Crippen molar-refractivity contribution in [3.05, 3.63) is 166 Å². The highest BCUT2D eigenvalue weighted by molar-refractivity contribution is 6.30. The molecule has 2 aromatic carbocycles. The summed E-state index contributed by atoms with van der Waals surface area (Å²) >= 11 is 6.23. The Bertz CT molecular complexity index is 5300. The Kier molecular flexibility index (Phi) is 38.6. The number of amides is 10. The number of rotatable bonds is 56. The molecular weight excluding hydrogens is 1700 g/mol. The van der Waals surface area contributed by atoms with Gasteiger partial charge in [0.05, 0.1) is 148 Å². The van der Waals surface area contributed by atoms with Crippen molar-refractivity contribution in [2.75, 3.05) is 192 Å². The van der Waals surface area contributed by atoms with Crippen LogP contribution in [0.3, 0.4) is 0 Å². The van der Waals surface area contributed by atoms with Crippen molar-refractivity contribution in [2.24, 2.45) is 47.3 Å². The average Bonchev–Trinajstić information content (AvgIpc) is 1.56. The third-order valence-electron chi connectivity index (χ3n) is 19.8. The number of ether oxygens (including phenoxy) is 9. The fraction of sp³-hybridized carbons (Fsp3) is 0.459. The van der Waals surface area contributed by atoms with Crippen molar-refractivity contribution < 1.29 is 90.6 Å². The number of nitrogens with zero attached hydrogens (tertiary/aromatic N) is 14. The van der Waals surface area contributed by atoms with Crippen LogP contribution < -0.4 is 57.9 Å². The predicted molar refractivity (Wildman–Crippen MR) is 474 cm³/mol. The van der Waals surface area contributed by atoms with Crippen LogP contribution in [0.15, 0.2) is 109 Å². The topological polar surface area (TPSA) is 489 Å². The number of methoxy groups -OCH3 is 1. The van der Waals surface area contributed by atoms with Gasteiger partial charge in [0.15, 0.2) is 23.3 Å². The molecule has 0 bridgehead atoms. The third-order valence-corrected chi connectivity index (χ3v) is 20.1. The second-order valence-corrected chi connectivity index (χ2v) is 30.2. The molecule has 8 heterocycles. The summed E-state index contributed by atoms with van der Waals surface area (Å²) in [6.07, 6.45) is 12.0. The summed E-state index contributed by atoms with van der Waals surface area (Å²) in [5, 5.41) is 36.9. The number of halogens is 1. The van der Waals surface area contributed by atoms with E-state index in [1.807, 2.05) is 48.9 Å². The number of hydrogen-bond acceptors (Lipinski definition) is 26. The van der Waals surface area contributed by atoms with E-state index in [0.29, 0.717) is 177 Å². The molecule has 0 radical (unpaired) electrons. The second kappa shape index (κ2) is 50.6. The van der Waals surface area contributed by atoms with Crippen LogP contribution in [0.25, 0.3) is 5.69 Å². The molecule has 694 valence electrons. The molecule has 0 saturated carbocycles. The van der Waals surface area contributed by atoms with Crippen molar-refractivity contribution in [1.82, 2.24) is 88.6 Å². The number of hydrogen-bond donors (Lipinski definition) is 10. The molecule has 1 aliphatic heterocycles. The van der Waals surface area contributed by atoms with E-state index < -0.39 is 47.4 Å². The van der Waals surface area contributed by atoms with E-state index in [9.17, 15) is 47.9 Å². The maximum atomic E-state index is 13.5. The van der Waals surface area contributed by atoms with Gasteiger partial charge in [-0.15, -0.1) is 10.2 Å². The Morgan fingerprint density at radius 2 is 0.938 bits per heavy atom. The minimum absolute atomic E-state index is 0.0398. The lowest BCUT2D eigenvalue weighted by Crippen LogP contribution is -2.31. The number of anilines is 5. The Morgan fingerprint density at radius 3 is 1.47 bits per heavy atom. The first-order valence-corrected chi connectivity index (χ1v) is 42.4. The molecule has 1 aliphatic rings. The summed E-state index contributed by atoms with van der Waals surface area (Å²) in [5.41, 5.74) is 4.61. The minimum atomic E-state index is -0.699. The Balaban J connectivity index is 0.476. The number of fused-ring (bicyclic) bond motifs is 3. The van der Waals surface area contributed by atoms with E-state index in [2.05, 4.69) is 83.2 Å². The number of carbonyl (C=O) groups is 10. The Morgan fingerprint density at radius 1 is 0.450 bits per heavy atom. The second-order valence-electron chi connectivity index (χ2n) is 29.7. The SMILES string of the molecule is COc1ccc2c(c1)C(c1ccc(Cl)cc1)=N[C@@H](CC(=O)NCCOCCOCCOCCOCCOCCOCCOCCOCCC(=O)NCCCN(C)CCCNC(=O)c1cc(NC(=O)c3nc(NC(=O)CCNC(=O)c4c(NC(=O)c5nc(NC(=O)CCNC(=O)c6cc(NC(=O)c7nccn7C)cn6C)cn5C)ccn4C)cn3C)cn1C)c1nnc(C)n1-2. The Hall–Kier alpha value is -12.9. The molecule has 0 spiro atoms. The molecule has 7 aromatic heterocycles. The van der Waals surface area contributed by atoms with E-state index in [1.54, 1.807) is 95.5 Å². The molecule has 1 atom stereocenters. The highest BCUT2D eigenvalue weighted by Gasteiger charge is 2.31. The van der Waals surface area contributed by atoms with E-state index >= 15 is 0 Å². The van der Waals surface area contributed by atoms with E-state index in [0.717, 1.165) is 29.8 Å². The monoisotopic (exact) mass is 1810 g/mol. The zero-order valence-corrected chi connectivity index (χ0v) is 74.6. The molecule has 0 saturated heterocycles. The van der Waals surface area contributed by atoms with Gasteiger partial charge in [0.2, 0.25) is 35.3 Å². The summed E-state index contributed by atoms with van der Waals surface area (Å²) in [5.74, 6) is -2.46. The third kappa shape index (κ3) is 30.4. The lowest BCUT2D eigenvalue weighted by atomic mass is 10.00. The fourth-order valence-corrected chi connectivity index (χ4v) is 13.4. The van der Waals surface area contributed by atoms with Gasteiger partial charge in [-0.3, -0.25) is 57.5 Å². The maximum absolute atomic E-state index is 13.5. The van der Waals surface area contributed by atoms with Gasteiger partial charge in [-0.1, -0.05) is 23.7 Å². The summed E-state index contributed by atoms with van der Waals surface area (Å²) in [4.78, 5) is 151. The number of aryl methyl sites for hydroxylation is 7. The van der Waals surface area contributed by atoms with Crippen LogP contribution in [0.2, 0.25) is 5.02 Å². The molecule has 0 fully saturated rings. The van der Waals surface area contributed by atoms with Crippen LogP contribution >= 0.6 is 11.6 Å². The normalized spacial score (nSPS) is 12.2. The number of aromatic nitrogens is 12. The van der Waals surface area contributed by atoms with Gasteiger partial charge in [-0.2, -0.15) is 0 Å². The lowest BCUT2D eigenvalue weighted by Gasteiger charge is -2.17. The van der Waals surface area contributed by atoms with E-state index in [4.69, 9.17) is 59.2 Å². The molecule has 0 aliphatic carbocycles. The largest absolute Gasteiger partial charge is 0.497 e. The standard InChI is InChI=1S/C85H113ClN24O19/c1-56-101-102-76-64(95-74(57-12-14-58(86)15-13-57)62-50-61(121-9)16-17-65(62)110(56)76)51-73(114)88-27-33-123-35-37-125-39-41-127-43-45-129-47-46-128-44-42-126-40-38-124-36-34-122-32-21-70(111)87-22-10-28-103(2)29-11-23-90-80(115)66-49-60(53-106(66)5)94-84(119)78-99-68(54-108(78)7)97-72(113)19-25-92-82(117)75-63(20-30-104(75)3)96-85(120)79-100-69(55-109(79)8)98-71(112)18-24-91-81(116)67-48-59(52-107(67)6)93-83(118)77-89-26-31-105(77)4/h12-17,20,26,30-31,48-50,52-55,64H,10-11,18-19,21-25,27-29,32-47,51H2,1-9H3,(H,87,111)(H,88,114)(H,90,115)(H,91,116)(H,92,117)(H,93,118)(H,94,119)(H,96,120)(H,97,113)(H,98,112)/t64-/m0/s1. The van der Waals surface area contributed by atoms with Crippen molar-refractivity contribution >= 4 is 105 Å². The van der Waals surface area contributed by atoms with Crippen LogP contribution in [-0.4, -0.2) is 292 Å². The van der Waals surface area contributed by atoms with Crippen molar-refractivity contribution in [2.45, 2.75) is 51.5 Å². The first kappa shape index (κ1) is 98.3. The summed E-state index contributed by atoms with van der Waals surface area (Å²) in [6, 6.07) is 17.1. The summed E-state index contributed by atoms with van der Waals surface area (Å²) < 4.78 is 61.2. The molecule has 129 heavy (non-hydrogen) atoms. The number of carbonyl (C=O) groups excluding carboxylic acids is 10. The van der Waals surface area contributed by atoms with Gasteiger partial charge in [-0.05, 0) is 88.4 Å². The summed E-state index contributed by atoms with van der Waals surface area (Å²) in [6.45, 7) is 10.4. The van der Waals surface area contributed by atoms with Crippen molar-refractivity contribution in [1.29, 1.82) is 0 Å². The quantitative estimate of drug-likeness (QED) is 0.0242. The molecule has 10 N–H and O–H groups in total. The molecule has 10 amide bonds. The van der Waals surface area contributed by atoms with Gasteiger partial charge in [0.1, 0.15) is 34.7 Å². The molecule has 9 aromatic rings. The molecule has 43 nitrogen and oxygen atoms in total. The van der Waals surface area contributed by atoms with Crippen LogP contribution in [0.5, 0.6) is 5.75 Å². The Labute approximate surface area is 749 Å². The first-order valence-electron chi connectivity index (χ1n) is 42.0.